The van der Waals surface area contributed by atoms with Crippen molar-refractivity contribution in [3.63, 3.8) is 0 Å². The summed E-state index contributed by atoms with van der Waals surface area (Å²) in [5.41, 5.74) is 0. The van der Waals surface area contributed by atoms with Crippen LogP contribution in [0.25, 0.3) is 0 Å². The van der Waals surface area contributed by atoms with Crippen LogP contribution in [0.1, 0.15) is 30.7 Å². The Bertz CT molecular complexity index is 548. The number of hydrogen-bond donors (Lipinski definition) is 3. The summed E-state index contributed by atoms with van der Waals surface area (Å²) in [4.78, 5) is 34.9. The highest BCUT2D eigenvalue weighted by Crippen LogP contribution is 2.22. The van der Waals surface area contributed by atoms with Crippen molar-refractivity contribution in [3.05, 3.63) is 22.4 Å². The predicted molar refractivity (Wildman–Crippen MR) is 78.5 cm³/mol. The van der Waals surface area contributed by atoms with E-state index in [2.05, 4.69) is 16.6 Å². The minimum Gasteiger partial charge on any atom is -0.480 e. The predicted octanol–water partition coefficient (Wildman–Crippen LogP) is 0.908. The molecule has 0 aromatic carbocycles. The second kappa shape index (κ2) is 8.07. The molecule has 2 amide bonds. The number of carbonyl (C=O) groups is 3. The first kappa shape index (κ1) is 16.7. The second-order valence-corrected chi connectivity index (χ2v) is 5.32. The summed E-state index contributed by atoms with van der Waals surface area (Å²) >= 11 is 1.41. The summed E-state index contributed by atoms with van der Waals surface area (Å²) in [6, 6.07) is 2.01. The van der Waals surface area contributed by atoms with E-state index in [-0.39, 0.29) is 18.7 Å². The van der Waals surface area contributed by atoms with Crippen molar-refractivity contribution in [1.82, 2.24) is 10.6 Å². The van der Waals surface area contributed by atoms with Gasteiger partial charge in [-0.05, 0) is 11.4 Å². The number of terminal acetylenes is 1. The third-order valence-corrected chi connectivity index (χ3v) is 3.59. The van der Waals surface area contributed by atoms with Crippen LogP contribution in [0.2, 0.25) is 0 Å². The molecule has 112 valence electrons. The van der Waals surface area contributed by atoms with Gasteiger partial charge in [-0.2, -0.15) is 0 Å². The standard InChI is InChI=1S/C14H16N2O4S/c1-3-5-10(14(19)20)16-13(18)8-11(15-9(2)17)12-6-4-7-21-12/h1,4,6-7,10-11H,5,8H2,2H3,(H,15,17)(H,16,18)(H,19,20). The summed E-state index contributed by atoms with van der Waals surface area (Å²) in [6.45, 7) is 1.36. The molecule has 1 rings (SSSR count). The van der Waals surface area contributed by atoms with Gasteiger partial charge in [0.1, 0.15) is 6.04 Å². The molecule has 2 atom stereocenters. The minimum atomic E-state index is -1.19. The third kappa shape index (κ3) is 5.67. The Morgan fingerprint density at radius 2 is 2.14 bits per heavy atom. The zero-order chi connectivity index (χ0) is 15.8. The highest BCUT2D eigenvalue weighted by atomic mass is 32.1. The van der Waals surface area contributed by atoms with Gasteiger partial charge in [0.15, 0.2) is 0 Å². The average molecular weight is 308 g/mol. The van der Waals surface area contributed by atoms with Crippen LogP contribution in [0, 0.1) is 12.3 Å². The van der Waals surface area contributed by atoms with E-state index in [1.807, 2.05) is 11.4 Å². The number of thiophene rings is 1. The number of amides is 2. The van der Waals surface area contributed by atoms with E-state index >= 15 is 0 Å². The first-order chi connectivity index (χ1) is 9.93. The monoisotopic (exact) mass is 308 g/mol. The molecule has 0 radical (unpaired) electrons. The van der Waals surface area contributed by atoms with Gasteiger partial charge < -0.3 is 15.7 Å². The van der Waals surface area contributed by atoms with Crippen LogP contribution >= 0.6 is 11.3 Å². The third-order valence-electron chi connectivity index (χ3n) is 2.61. The number of hydrogen-bond acceptors (Lipinski definition) is 4. The molecule has 0 saturated carbocycles. The maximum atomic E-state index is 11.9. The maximum Gasteiger partial charge on any atom is 0.327 e. The largest absolute Gasteiger partial charge is 0.480 e. The van der Waals surface area contributed by atoms with E-state index in [9.17, 15) is 14.4 Å². The molecule has 0 saturated heterocycles. The normalized spacial score (nSPS) is 12.8. The topological polar surface area (TPSA) is 95.5 Å². The fourth-order valence-corrected chi connectivity index (χ4v) is 2.49. The molecule has 0 fully saturated rings. The molecule has 0 spiro atoms. The van der Waals surface area contributed by atoms with Crippen LogP contribution < -0.4 is 10.6 Å². The zero-order valence-electron chi connectivity index (χ0n) is 11.5. The van der Waals surface area contributed by atoms with E-state index in [1.165, 1.54) is 18.3 Å². The van der Waals surface area contributed by atoms with Crippen LogP contribution in [0.3, 0.4) is 0 Å². The summed E-state index contributed by atoms with van der Waals surface area (Å²) in [5, 5.41) is 15.8. The molecule has 21 heavy (non-hydrogen) atoms. The molecule has 2 unspecified atom stereocenters. The summed E-state index contributed by atoms with van der Waals surface area (Å²) < 4.78 is 0. The van der Waals surface area contributed by atoms with Crippen LogP contribution in [-0.2, 0) is 14.4 Å². The lowest BCUT2D eigenvalue weighted by Gasteiger charge is -2.18. The van der Waals surface area contributed by atoms with Crippen molar-refractivity contribution >= 4 is 29.1 Å². The van der Waals surface area contributed by atoms with Crippen molar-refractivity contribution in [2.45, 2.75) is 31.8 Å². The fourth-order valence-electron chi connectivity index (χ4n) is 1.71. The Kier molecular flexibility index (Phi) is 6.43. The Morgan fingerprint density at radius 3 is 2.62 bits per heavy atom. The van der Waals surface area contributed by atoms with E-state index in [0.29, 0.717) is 0 Å². The highest BCUT2D eigenvalue weighted by Gasteiger charge is 2.22. The van der Waals surface area contributed by atoms with Crippen molar-refractivity contribution in [2.24, 2.45) is 0 Å². The number of carboxylic acids is 1. The molecule has 6 nitrogen and oxygen atoms in total. The molecular weight excluding hydrogens is 292 g/mol. The Balaban J connectivity index is 2.70. The fraction of sp³-hybridized carbons (Fsp3) is 0.357. The van der Waals surface area contributed by atoms with Gasteiger partial charge in [-0.25, -0.2) is 4.79 Å². The first-order valence-corrected chi connectivity index (χ1v) is 7.08. The highest BCUT2D eigenvalue weighted by molar-refractivity contribution is 7.10. The van der Waals surface area contributed by atoms with Gasteiger partial charge in [0.2, 0.25) is 11.8 Å². The molecule has 3 N–H and O–H groups in total. The van der Waals surface area contributed by atoms with Crippen molar-refractivity contribution in [3.8, 4) is 12.3 Å². The van der Waals surface area contributed by atoms with Gasteiger partial charge >= 0.3 is 5.97 Å². The molecule has 1 aromatic heterocycles. The number of rotatable bonds is 7. The average Bonchev–Trinajstić information content (AvgIpc) is 2.90. The van der Waals surface area contributed by atoms with Gasteiger partial charge in [-0.3, -0.25) is 9.59 Å². The van der Waals surface area contributed by atoms with Crippen LogP contribution in [0.15, 0.2) is 17.5 Å². The molecule has 0 bridgehead atoms. The number of carbonyl (C=O) groups excluding carboxylic acids is 2. The summed E-state index contributed by atoms with van der Waals surface area (Å²) in [6.07, 6.45) is 4.93. The van der Waals surface area contributed by atoms with Gasteiger partial charge in [-0.1, -0.05) is 6.07 Å². The summed E-state index contributed by atoms with van der Waals surface area (Å²) in [5.74, 6) is 0.272. The van der Waals surface area contributed by atoms with Crippen LogP contribution in [0.4, 0.5) is 0 Å². The maximum absolute atomic E-state index is 11.9. The molecule has 0 aliphatic rings. The summed E-state index contributed by atoms with van der Waals surface area (Å²) in [7, 11) is 0. The van der Waals surface area contributed by atoms with Crippen molar-refractivity contribution in [2.75, 3.05) is 0 Å². The van der Waals surface area contributed by atoms with E-state index < -0.39 is 24.0 Å². The number of aliphatic carboxylic acids is 1. The smallest absolute Gasteiger partial charge is 0.327 e. The molecule has 7 heteroatoms. The lowest BCUT2D eigenvalue weighted by atomic mass is 10.1. The molecule has 0 aliphatic carbocycles. The molecule has 1 aromatic rings. The van der Waals surface area contributed by atoms with Crippen LogP contribution in [0.5, 0.6) is 0 Å². The van der Waals surface area contributed by atoms with E-state index in [4.69, 9.17) is 11.5 Å². The Morgan fingerprint density at radius 1 is 1.43 bits per heavy atom. The zero-order valence-corrected chi connectivity index (χ0v) is 12.3. The quantitative estimate of drug-likeness (QED) is 0.652. The SMILES string of the molecule is C#CCC(NC(=O)CC(NC(C)=O)c1cccs1)C(=O)O. The van der Waals surface area contributed by atoms with E-state index in [1.54, 1.807) is 6.07 Å². The lowest BCUT2D eigenvalue weighted by Crippen LogP contribution is -2.42. The number of nitrogens with one attached hydrogen (secondary N) is 2. The Labute approximate surface area is 126 Å². The van der Waals surface area contributed by atoms with Gasteiger partial charge in [0.25, 0.3) is 0 Å². The van der Waals surface area contributed by atoms with Gasteiger partial charge in [-0.15, -0.1) is 23.7 Å². The minimum absolute atomic E-state index is 0.0472. The van der Waals surface area contributed by atoms with Crippen molar-refractivity contribution in [1.29, 1.82) is 0 Å². The first-order valence-electron chi connectivity index (χ1n) is 6.20. The van der Waals surface area contributed by atoms with Gasteiger partial charge in [0, 0.05) is 18.2 Å². The molecule has 1 heterocycles. The van der Waals surface area contributed by atoms with Gasteiger partial charge in [0.05, 0.1) is 12.5 Å². The lowest BCUT2D eigenvalue weighted by molar-refractivity contribution is -0.141. The molecule has 0 aliphatic heterocycles. The second-order valence-electron chi connectivity index (χ2n) is 4.34. The molecular formula is C14H16N2O4S. The van der Waals surface area contributed by atoms with E-state index in [0.717, 1.165) is 4.88 Å². The number of carboxylic acid groups (broad SMARTS) is 1. The Hall–Kier alpha value is -2.33. The van der Waals surface area contributed by atoms with Crippen LogP contribution in [-0.4, -0.2) is 28.9 Å². The van der Waals surface area contributed by atoms with Crippen molar-refractivity contribution < 1.29 is 19.5 Å².